The molecular formula is C5H8N2S. The van der Waals surface area contributed by atoms with Gasteiger partial charge in [-0.3, -0.25) is 0 Å². The first-order valence-electron chi connectivity index (χ1n) is 2.41. The Balaban J connectivity index is 2.50. The predicted octanol–water partition coefficient (Wildman–Crippen LogP) is 1.08. The molecule has 0 spiro atoms. The highest BCUT2D eigenvalue weighted by Gasteiger charge is 1.84. The molecule has 0 bridgehead atoms. The molecule has 2 nitrogen and oxygen atoms in total. The van der Waals surface area contributed by atoms with Crippen molar-refractivity contribution in [3.05, 3.63) is 17.5 Å². The van der Waals surface area contributed by atoms with E-state index < -0.39 is 0 Å². The summed E-state index contributed by atoms with van der Waals surface area (Å²) in [5.41, 5.74) is 5.22. The van der Waals surface area contributed by atoms with Crippen molar-refractivity contribution in [3.63, 3.8) is 0 Å². The molecule has 0 saturated carbocycles. The van der Waals surface area contributed by atoms with Gasteiger partial charge in [-0.1, -0.05) is 0 Å². The maximum Gasteiger partial charge on any atom is 0.0892 e. The number of rotatable bonds is 2. The zero-order chi connectivity index (χ0) is 5.82. The third kappa shape index (κ3) is 1.21. The van der Waals surface area contributed by atoms with E-state index in [0.717, 1.165) is 5.00 Å². The van der Waals surface area contributed by atoms with Gasteiger partial charge in [0.15, 0.2) is 0 Å². The lowest BCUT2D eigenvalue weighted by atomic mass is 10.6. The van der Waals surface area contributed by atoms with E-state index in [1.165, 1.54) is 0 Å². The summed E-state index contributed by atoms with van der Waals surface area (Å²) in [5, 5.41) is 6.13. The second-order valence-electron chi connectivity index (χ2n) is 1.36. The smallest absolute Gasteiger partial charge is 0.0892 e. The Morgan fingerprint density at radius 1 is 1.75 bits per heavy atom. The van der Waals surface area contributed by atoms with Crippen molar-refractivity contribution in [2.45, 2.75) is 0 Å². The van der Waals surface area contributed by atoms with Crippen molar-refractivity contribution in [2.75, 3.05) is 12.0 Å². The Morgan fingerprint density at radius 2 is 2.62 bits per heavy atom. The van der Waals surface area contributed by atoms with Crippen molar-refractivity contribution in [1.82, 2.24) is 0 Å². The molecule has 0 amide bonds. The molecule has 0 aliphatic heterocycles. The van der Waals surface area contributed by atoms with E-state index in [-0.39, 0.29) is 0 Å². The SMILES string of the molecule is NCNc1cccs1. The maximum absolute atomic E-state index is 5.22. The quantitative estimate of drug-likeness (QED) is 0.585. The average Bonchev–Trinajstić information content (AvgIpc) is 2.19. The van der Waals surface area contributed by atoms with Gasteiger partial charge in [-0.2, -0.15) is 0 Å². The summed E-state index contributed by atoms with van der Waals surface area (Å²) in [6.45, 7) is 0.514. The van der Waals surface area contributed by atoms with Crippen LogP contribution in [0.4, 0.5) is 5.00 Å². The molecular weight excluding hydrogens is 120 g/mol. The highest BCUT2D eigenvalue weighted by atomic mass is 32.1. The molecule has 0 atom stereocenters. The van der Waals surface area contributed by atoms with Crippen molar-refractivity contribution in [1.29, 1.82) is 0 Å². The van der Waals surface area contributed by atoms with Gasteiger partial charge < -0.3 is 11.1 Å². The summed E-state index contributed by atoms with van der Waals surface area (Å²) in [4.78, 5) is 0. The standard InChI is InChI=1S/C5H8N2S/c6-4-7-5-2-1-3-8-5/h1-3,7H,4,6H2. The Morgan fingerprint density at radius 3 is 3.12 bits per heavy atom. The number of nitrogens with one attached hydrogen (secondary N) is 1. The Hall–Kier alpha value is -0.540. The molecule has 0 aliphatic rings. The van der Waals surface area contributed by atoms with E-state index in [1.54, 1.807) is 11.3 Å². The van der Waals surface area contributed by atoms with Crippen LogP contribution in [0.15, 0.2) is 17.5 Å². The zero-order valence-electron chi connectivity index (χ0n) is 4.42. The van der Waals surface area contributed by atoms with Gasteiger partial charge in [0.1, 0.15) is 0 Å². The Labute approximate surface area is 52.3 Å². The number of nitrogens with two attached hydrogens (primary N) is 1. The van der Waals surface area contributed by atoms with Crippen LogP contribution in [0, 0.1) is 0 Å². The second kappa shape index (κ2) is 2.69. The van der Waals surface area contributed by atoms with Crippen LogP contribution >= 0.6 is 11.3 Å². The number of hydrogen-bond acceptors (Lipinski definition) is 3. The van der Waals surface area contributed by atoms with Gasteiger partial charge in [0, 0.05) is 0 Å². The van der Waals surface area contributed by atoms with Gasteiger partial charge in [0.05, 0.1) is 11.7 Å². The molecule has 0 saturated heterocycles. The molecule has 1 aromatic heterocycles. The van der Waals surface area contributed by atoms with Gasteiger partial charge >= 0.3 is 0 Å². The summed E-state index contributed by atoms with van der Waals surface area (Å²) in [6, 6.07) is 3.99. The fraction of sp³-hybridized carbons (Fsp3) is 0.200. The van der Waals surface area contributed by atoms with Crippen molar-refractivity contribution in [3.8, 4) is 0 Å². The van der Waals surface area contributed by atoms with Gasteiger partial charge in [0.25, 0.3) is 0 Å². The topological polar surface area (TPSA) is 38.0 Å². The van der Waals surface area contributed by atoms with Gasteiger partial charge in [-0.25, -0.2) is 0 Å². The molecule has 0 aliphatic carbocycles. The minimum atomic E-state index is 0.514. The monoisotopic (exact) mass is 128 g/mol. The molecule has 1 aromatic rings. The number of hydrogen-bond donors (Lipinski definition) is 2. The molecule has 1 rings (SSSR count). The maximum atomic E-state index is 5.22. The molecule has 0 radical (unpaired) electrons. The van der Waals surface area contributed by atoms with E-state index in [9.17, 15) is 0 Å². The number of thiophene rings is 1. The molecule has 0 aromatic carbocycles. The lowest BCUT2D eigenvalue weighted by molar-refractivity contribution is 1.15. The summed E-state index contributed by atoms with van der Waals surface area (Å²) >= 11 is 1.66. The largest absolute Gasteiger partial charge is 0.365 e. The highest BCUT2D eigenvalue weighted by molar-refractivity contribution is 7.14. The van der Waals surface area contributed by atoms with E-state index in [0.29, 0.717) is 6.67 Å². The molecule has 8 heavy (non-hydrogen) atoms. The summed E-state index contributed by atoms with van der Waals surface area (Å²) in [7, 11) is 0. The van der Waals surface area contributed by atoms with Crippen LogP contribution in [0.5, 0.6) is 0 Å². The summed E-state index contributed by atoms with van der Waals surface area (Å²) in [5.74, 6) is 0. The summed E-state index contributed by atoms with van der Waals surface area (Å²) < 4.78 is 0. The van der Waals surface area contributed by atoms with Crippen LogP contribution in [-0.2, 0) is 0 Å². The van der Waals surface area contributed by atoms with Crippen molar-refractivity contribution in [2.24, 2.45) is 5.73 Å². The minimum absolute atomic E-state index is 0.514. The van der Waals surface area contributed by atoms with Crippen LogP contribution in [0.25, 0.3) is 0 Å². The van der Waals surface area contributed by atoms with Crippen LogP contribution < -0.4 is 11.1 Å². The lowest BCUT2D eigenvalue weighted by Crippen LogP contribution is -2.09. The summed E-state index contributed by atoms with van der Waals surface area (Å²) in [6.07, 6.45) is 0. The molecule has 0 fully saturated rings. The first-order chi connectivity index (χ1) is 3.93. The fourth-order valence-electron chi connectivity index (χ4n) is 0.480. The minimum Gasteiger partial charge on any atom is -0.365 e. The van der Waals surface area contributed by atoms with E-state index in [1.807, 2.05) is 17.5 Å². The molecule has 0 unspecified atom stereocenters. The van der Waals surface area contributed by atoms with Crippen molar-refractivity contribution >= 4 is 16.3 Å². The first kappa shape index (κ1) is 5.59. The van der Waals surface area contributed by atoms with Crippen LogP contribution in [0.1, 0.15) is 0 Å². The third-order valence-corrected chi connectivity index (χ3v) is 1.63. The van der Waals surface area contributed by atoms with Gasteiger partial charge in [-0.05, 0) is 17.5 Å². The van der Waals surface area contributed by atoms with Gasteiger partial charge in [0.2, 0.25) is 0 Å². The Kier molecular flexibility index (Phi) is 1.88. The predicted molar refractivity (Wildman–Crippen MR) is 37.0 cm³/mol. The van der Waals surface area contributed by atoms with Crippen LogP contribution in [0.2, 0.25) is 0 Å². The lowest BCUT2D eigenvalue weighted by Gasteiger charge is -1.93. The molecule has 44 valence electrons. The fourth-order valence-corrected chi connectivity index (χ4v) is 1.11. The molecule has 3 heteroatoms. The van der Waals surface area contributed by atoms with Crippen LogP contribution in [-0.4, -0.2) is 6.67 Å². The van der Waals surface area contributed by atoms with Crippen molar-refractivity contribution < 1.29 is 0 Å². The first-order valence-corrected chi connectivity index (χ1v) is 3.29. The van der Waals surface area contributed by atoms with E-state index in [2.05, 4.69) is 5.32 Å². The molecule has 1 heterocycles. The highest BCUT2D eigenvalue weighted by Crippen LogP contribution is 2.13. The zero-order valence-corrected chi connectivity index (χ0v) is 5.24. The second-order valence-corrected chi connectivity index (χ2v) is 2.31. The number of anilines is 1. The normalized spacial score (nSPS) is 9.12. The van der Waals surface area contributed by atoms with Gasteiger partial charge in [-0.15, -0.1) is 11.3 Å². The average molecular weight is 128 g/mol. The van der Waals surface area contributed by atoms with Crippen LogP contribution in [0.3, 0.4) is 0 Å². The van der Waals surface area contributed by atoms with E-state index >= 15 is 0 Å². The molecule has 3 N–H and O–H groups in total. The van der Waals surface area contributed by atoms with E-state index in [4.69, 9.17) is 5.73 Å². The third-order valence-electron chi connectivity index (χ3n) is 0.797. The Bertz CT molecular complexity index is 136.